The first kappa shape index (κ1) is 15.4. The normalized spacial score (nSPS) is 15.8. The summed E-state index contributed by atoms with van der Waals surface area (Å²) in [6.45, 7) is 5.01. The standard InChI is InChI=1S/C16H21NO4/c1-11-3-4-14(9-12(11)2)21-10-15(18)17-7-5-13(6-8-17)16(19)20/h3-4,9,13H,5-8,10H2,1-2H3,(H,19,20). The second-order valence-corrected chi connectivity index (χ2v) is 5.53. The molecular formula is C16H21NO4. The Kier molecular flexibility index (Phi) is 4.83. The first-order valence-electron chi connectivity index (χ1n) is 7.18. The van der Waals surface area contributed by atoms with Crippen LogP contribution in [0, 0.1) is 19.8 Å². The lowest BCUT2D eigenvalue weighted by Crippen LogP contribution is -2.42. The van der Waals surface area contributed by atoms with Crippen LogP contribution in [0.2, 0.25) is 0 Å². The molecule has 0 radical (unpaired) electrons. The Morgan fingerprint density at radius 1 is 1.24 bits per heavy atom. The maximum atomic E-state index is 12.1. The fourth-order valence-electron chi connectivity index (χ4n) is 2.42. The first-order chi connectivity index (χ1) is 9.97. The molecule has 0 aliphatic carbocycles. The van der Waals surface area contributed by atoms with Gasteiger partial charge in [0, 0.05) is 13.1 Å². The Morgan fingerprint density at radius 3 is 2.48 bits per heavy atom. The van der Waals surface area contributed by atoms with Crippen LogP contribution in [0.25, 0.3) is 0 Å². The molecule has 0 spiro atoms. The molecule has 21 heavy (non-hydrogen) atoms. The lowest BCUT2D eigenvalue weighted by molar-refractivity contribution is -0.146. The van der Waals surface area contributed by atoms with Crippen LogP contribution in [0.15, 0.2) is 18.2 Å². The Balaban J connectivity index is 1.82. The van der Waals surface area contributed by atoms with E-state index in [1.165, 1.54) is 5.56 Å². The summed E-state index contributed by atoms with van der Waals surface area (Å²) in [6.07, 6.45) is 1.04. The number of carbonyl (C=O) groups excluding carboxylic acids is 1. The van der Waals surface area contributed by atoms with Crippen molar-refractivity contribution in [2.45, 2.75) is 26.7 Å². The van der Waals surface area contributed by atoms with Gasteiger partial charge in [-0.25, -0.2) is 0 Å². The summed E-state index contributed by atoms with van der Waals surface area (Å²) in [4.78, 5) is 24.6. The lowest BCUT2D eigenvalue weighted by Gasteiger charge is -2.30. The van der Waals surface area contributed by atoms with E-state index < -0.39 is 5.97 Å². The summed E-state index contributed by atoms with van der Waals surface area (Å²) in [7, 11) is 0. The lowest BCUT2D eigenvalue weighted by atomic mass is 9.97. The minimum Gasteiger partial charge on any atom is -0.484 e. The van der Waals surface area contributed by atoms with Gasteiger partial charge in [0.2, 0.25) is 0 Å². The largest absolute Gasteiger partial charge is 0.484 e. The van der Waals surface area contributed by atoms with Crippen LogP contribution in [0.1, 0.15) is 24.0 Å². The van der Waals surface area contributed by atoms with E-state index >= 15 is 0 Å². The maximum absolute atomic E-state index is 12.1. The predicted octanol–water partition coefficient (Wildman–Crippen LogP) is 2.01. The first-order valence-corrected chi connectivity index (χ1v) is 7.18. The van der Waals surface area contributed by atoms with Gasteiger partial charge >= 0.3 is 5.97 Å². The van der Waals surface area contributed by atoms with Crippen molar-refractivity contribution in [3.8, 4) is 5.75 Å². The second-order valence-electron chi connectivity index (χ2n) is 5.53. The van der Waals surface area contributed by atoms with Crippen LogP contribution in [0.4, 0.5) is 0 Å². The Labute approximate surface area is 124 Å². The average molecular weight is 291 g/mol. The molecule has 1 aliphatic heterocycles. The highest BCUT2D eigenvalue weighted by Crippen LogP contribution is 2.19. The van der Waals surface area contributed by atoms with Crippen molar-refractivity contribution in [1.29, 1.82) is 0 Å². The van der Waals surface area contributed by atoms with E-state index in [0.717, 1.165) is 5.56 Å². The van der Waals surface area contributed by atoms with Gasteiger partial charge in [-0.15, -0.1) is 0 Å². The molecule has 0 aromatic heterocycles. The van der Waals surface area contributed by atoms with Crippen molar-refractivity contribution < 1.29 is 19.4 Å². The van der Waals surface area contributed by atoms with Crippen LogP contribution in [0.3, 0.4) is 0 Å². The third kappa shape index (κ3) is 3.97. The highest BCUT2D eigenvalue weighted by atomic mass is 16.5. The Hall–Kier alpha value is -2.04. The average Bonchev–Trinajstić information content (AvgIpc) is 2.48. The molecule has 1 aliphatic rings. The second kappa shape index (κ2) is 6.61. The molecule has 5 heteroatoms. The highest BCUT2D eigenvalue weighted by Gasteiger charge is 2.26. The number of hydrogen-bond donors (Lipinski definition) is 1. The van der Waals surface area contributed by atoms with E-state index in [9.17, 15) is 9.59 Å². The van der Waals surface area contributed by atoms with Gasteiger partial charge in [-0.05, 0) is 49.9 Å². The SMILES string of the molecule is Cc1ccc(OCC(=O)N2CCC(C(=O)O)CC2)cc1C. The van der Waals surface area contributed by atoms with Gasteiger partial charge < -0.3 is 14.7 Å². The minimum absolute atomic E-state index is 0.000237. The van der Waals surface area contributed by atoms with E-state index in [1.807, 2.05) is 32.0 Å². The smallest absolute Gasteiger partial charge is 0.306 e. The molecule has 2 rings (SSSR count). The molecule has 0 atom stereocenters. The summed E-state index contributed by atoms with van der Waals surface area (Å²) in [5.74, 6) is -0.493. The summed E-state index contributed by atoms with van der Waals surface area (Å²) >= 11 is 0. The number of nitrogens with zero attached hydrogens (tertiary/aromatic N) is 1. The van der Waals surface area contributed by atoms with Gasteiger partial charge in [0.1, 0.15) is 5.75 Å². The molecule has 1 fully saturated rings. The van der Waals surface area contributed by atoms with Crippen molar-refractivity contribution in [2.75, 3.05) is 19.7 Å². The molecule has 0 saturated carbocycles. The summed E-state index contributed by atoms with van der Waals surface area (Å²) in [5, 5.41) is 8.94. The van der Waals surface area contributed by atoms with E-state index in [1.54, 1.807) is 4.90 Å². The third-order valence-corrected chi connectivity index (χ3v) is 4.04. The summed E-state index contributed by atoms with van der Waals surface area (Å²) in [5.41, 5.74) is 2.31. The van der Waals surface area contributed by atoms with Crippen molar-refractivity contribution in [1.82, 2.24) is 4.90 Å². The van der Waals surface area contributed by atoms with E-state index in [2.05, 4.69) is 0 Å². The molecule has 114 valence electrons. The zero-order valence-electron chi connectivity index (χ0n) is 12.5. The summed E-state index contributed by atoms with van der Waals surface area (Å²) in [6, 6.07) is 5.74. The number of carboxylic acids is 1. The van der Waals surface area contributed by atoms with E-state index in [4.69, 9.17) is 9.84 Å². The molecule has 5 nitrogen and oxygen atoms in total. The number of carbonyl (C=O) groups is 2. The number of amides is 1. The number of ether oxygens (including phenoxy) is 1. The van der Waals surface area contributed by atoms with Gasteiger partial charge in [-0.1, -0.05) is 6.07 Å². The molecule has 0 unspecified atom stereocenters. The fourth-order valence-corrected chi connectivity index (χ4v) is 2.42. The Bertz CT molecular complexity index is 533. The monoisotopic (exact) mass is 291 g/mol. The molecule has 1 heterocycles. The van der Waals surface area contributed by atoms with Gasteiger partial charge in [0.05, 0.1) is 5.92 Å². The topological polar surface area (TPSA) is 66.8 Å². The predicted molar refractivity (Wildman–Crippen MR) is 78.4 cm³/mol. The van der Waals surface area contributed by atoms with Crippen LogP contribution >= 0.6 is 0 Å². The molecular weight excluding hydrogens is 270 g/mol. The fraction of sp³-hybridized carbons (Fsp3) is 0.500. The van der Waals surface area contributed by atoms with Gasteiger partial charge in [0.25, 0.3) is 5.91 Å². The number of piperidine rings is 1. The van der Waals surface area contributed by atoms with Crippen LogP contribution in [-0.4, -0.2) is 41.6 Å². The summed E-state index contributed by atoms with van der Waals surface area (Å²) < 4.78 is 5.52. The number of carboxylic acid groups (broad SMARTS) is 1. The molecule has 1 aromatic carbocycles. The Morgan fingerprint density at radius 2 is 1.90 bits per heavy atom. The van der Waals surface area contributed by atoms with Gasteiger partial charge in [-0.3, -0.25) is 9.59 Å². The number of aliphatic carboxylic acids is 1. The number of likely N-dealkylation sites (tertiary alicyclic amines) is 1. The third-order valence-electron chi connectivity index (χ3n) is 4.04. The van der Waals surface area contributed by atoms with Crippen molar-refractivity contribution >= 4 is 11.9 Å². The van der Waals surface area contributed by atoms with E-state index in [-0.39, 0.29) is 18.4 Å². The number of benzene rings is 1. The maximum Gasteiger partial charge on any atom is 0.306 e. The molecule has 1 N–H and O–H groups in total. The number of hydrogen-bond acceptors (Lipinski definition) is 3. The number of aryl methyl sites for hydroxylation is 2. The van der Waals surface area contributed by atoms with Gasteiger partial charge in [-0.2, -0.15) is 0 Å². The van der Waals surface area contributed by atoms with Crippen molar-refractivity contribution in [3.05, 3.63) is 29.3 Å². The zero-order valence-corrected chi connectivity index (χ0v) is 12.5. The zero-order chi connectivity index (χ0) is 15.4. The molecule has 1 aromatic rings. The van der Waals surface area contributed by atoms with Crippen molar-refractivity contribution in [2.24, 2.45) is 5.92 Å². The van der Waals surface area contributed by atoms with Crippen LogP contribution in [0.5, 0.6) is 5.75 Å². The van der Waals surface area contributed by atoms with Crippen LogP contribution < -0.4 is 4.74 Å². The van der Waals surface area contributed by atoms with Crippen LogP contribution in [-0.2, 0) is 9.59 Å². The van der Waals surface area contributed by atoms with Crippen molar-refractivity contribution in [3.63, 3.8) is 0 Å². The molecule has 1 saturated heterocycles. The highest BCUT2D eigenvalue weighted by molar-refractivity contribution is 5.78. The quantitative estimate of drug-likeness (QED) is 0.921. The number of rotatable bonds is 4. The van der Waals surface area contributed by atoms with Gasteiger partial charge in [0.15, 0.2) is 6.61 Å². The molecule has 0 bridgehead atoms. The minimum atomic E-state index is -0.770. The molecule has 1 amide bonds. The van der Waals surface area contributed by atoms with E-state index in [0.29, 0.717) is 31.7 Å².